The van der Waals surface area contributed by atoms with Gasteiger partial charge in [0.25, 0.3) is 0 Å². The van der Waals surface area contributed by atoms with Crippen LogP contribution in [0.4, 0.5) is 12.9 Å². The van der Waals surface area contributed by atoms with Gasteiger partial charge >= 0.3 is 19.1 Å². The largest absolute Gasteiger partial charge is 1.00 e. The van der Waals surface area contributed by atoms with Crippen molar-refractivity contribution in [3.05, 3.63) is 90.5 Å². The lowest BCUT2D eigenvalue weighted by atomic mass is 10.0. The van der Waals surface area contributed by atoms with Crippen LogP contribution in [-0.4, -0.2) is 21.8 Å². The van der Waals surface area contributed by atoms with E-state index in [-0.39, 0.29) is 4.70 Å². The summed E-state index contributed by atoms with van der Waals surface area (Å²) in [5.41, 5.74) is 5.44. The van der Waals surface area contributed by atoms with Gasteiger partial charge in [-0.3, -0.25) is 12.9 Å². The van der Waals surface area contributed by atoms with E-state index in [0.717, 1.165) is 45.3 Å². The second kappa shape index (κ2) is 12.4. The van der Waals surface area contributed by atoms with Crippen molar-refractivity contribution in [2.75, 3.05) is 14.2 Å². The minimum Gasteiger partial charge on any atom is -1.00 e. The molecular weight excluding hydrogens is 447 g/mol. The first kappa shape index (κ1) is 26.4. The molecule has 0 radical (unpaired) electrons. The molecule has 34 heavy (non-hydrogen) atoms. The van der Waals surface area contributed by atoms with Gasteiger partial charge in [0.15, 0.2) is 0 Å². The summed E-state index contributed by atoms with van der Waals surface area (Å²) in [6.07, 6.45) is 0. The van der Waals surface area contributed by atoms with Gasteiger partial charge in [-0.2, -0.15) is 0 Å². The molecule has 0 N–H and O–H groups in total. The van der Waals surface area contributed by atoms with Crippen LogP contribution in [0.5, 0.6) is 11.5 Å². The molecule has 3 nitrogen and oxygen atoms in total. The molecule has 3 aromatic carbocycles. The quantitative estimate of drug-likeness (QED) is 0.239. The topological polar surface area (TPSA) is 29.8 Å². The summed E-state index contributed by atoms with van der Waals surface area (Å²) in [4.78, 5) is 0. The predicted molar refractivity (Wildman–Crippen MR) is 126 cm³/mol. The Labute approximate surface area is 196 Å². The maximum absolute atomic E-state index is 9.67. The van der Waals surface area contributed by atoms with Crippen molar-refractivity contribution in [3.8, 4) is 45.3 Å². The number of aryl methyl sites for hydroxylation is 1. The van der Waals surface area contributed by atoms with Crippen LogP contribution in [0.25, 0.3) is 33.8 Å². The number of hydrogen-bond acceptors (Lipinski definition) is 2. The molecule has 176 valence electrons. The lowest BCUT2D eigenvalue weighted by Gasteiger charge is -2.05. The SMILES string of the molecule is COc1ccc(-c2cc(-c3ccc(C)cc3)[o+]c(-c3ccc(OC)cc3)c2)cc1.FB(F)F.[F-]. The molecule has 0 saturated carbocycles. The summed E-state index contributed by atoms with van der Waals surface area (Å²) in [6, 6.07) is 28.5. The van der Waals surface area contributed by atoms with Gasteiger partial charge in [0.1, 0.15) is 11.5 Å². The van der Waals surface area contributed by atoms with E-state index in [1.54, 1.807) is 14.2 Å². The van der Waals surface area contributed by atoms with E-state index in [0.29, 0.717) is 0 Å². The molecule has 0 aliphatic heterocycles. The third-order valence-corrected chi connectivity index (χ3v) is 4.93. The van der Waals surface area contributed by atoms with Crippen LogP contribution < -0.4 is 14.2 Å². The van der Waals surface area contributed by atoms with Crippen molar-refractivity contribution in [1.82, 2.24) is 0 Å². The fraction of sp³-hybridized carbons (Fsp3) is 0.115. The molecule has 1 aromatic heterocycles. The van der Waals surface area contributed by atoms with Crippen molar-refractivity contribution in [2.45, 2.75) is 6.92 Å². The molecular formula is C26H23BF4O3. The second-order valence-corrected chi connectivity index (χ2v) is 7.15. The highest BCUT2D eigenvalue weighted by molar-refractivity contribution is 6.33. The normalized spacial score (nSPS) is 9.82. The van der Waals surface area contributed by atoms with E-state index in [1.165, 1.54) is 5.56 Å². The van der Waals surface area contributed by atoms with Crippen LogP contribution in [0.15, 0.2) is 89.3 Å². The molecule has 1 heterocycles. The van der Waals surface area contributed by atoms with E-state index in [4.69, 9.17) is 13.9 Å². The molecule has 0 spiro atoms. The van der Waals surface area contributed by atoms with Gasteiger partial charge in [0.2, 0.25) is 0 Å². The van der Waals surface area contributed by atoms with Crippen molar-refractivity contribution in [1.29, 1.82) is 0 Å². The lowest BCUT2D eigenvalue weighted by molar-refractivity contribution is -0.0000105. The summed E-state index contributed by atoms with van der Waals surface area (Å²) in [5.74, 6) is 3.28. The smallest absolute Gasteiger partial charge is 0.762 e. The summed E-state index contributed by atoms with van der Waals surface area (Å²) in [6.45, 7) is 2.08. The summed E-state index contributed by atoms with van der Waals surface area (Å²) >= 11 is 0. The fourth-order valence-electron chi connectivity index (χ4n) is 3.21. The number of benzene rings is 3. The van der Waals surface area contributed by atoms with Gasteiger partial charge in [-0.25, -0.2) is 4.42 Å². The van der Waals surface area contributed by atoms with Gasteiger partial charge in [-0.15, -0.1) is 0 Å². The highest BCUT2D eigenvalue weighted by Crippen LogP contribution is 2.34. The Kier molecular flexibility index (Phi) is 9.68. The Morgan fingerprint density at radius 3 is 1.32 bits per heavy atom. The van der Waals surface area contributed by atoms with E-state index < -0.39 is 7.54 Å². The summed E-state index contributed by atoms with van der Waals surface area (Å²) in [7, 11) is -0.327. The summed E-state index contributed by atoms with van der Waals surface area (Å²) < 4.78 is 45.9. The summed E-state index contributed by atoms with van der Waals surface area (Å²) in [5, 5.41) is 0. The second-order valence-electron chi connectivity index (χ2n) is 7.15. The van der Waals surface area contributed by atoms with Crippen LogP contribution in [0.3, 0.4) is 0 Å². The Morgan fingerprint density at radius 2 is 0.941 bits per heavy atom. The molecule has 4 aromatic rings. The standard InChI is InChI=1S/C26H23O3.BF3.FH/c1-18-4-6-20(7-5-18)25-16-22(19-8-12-23(27-2)13-9-19)17-26(29-25)21-10-14-24(28-3)15-11-21;2-1(3)4;/h4-17H,1-3H3;;1H/q+1;;/p-1. The molecule has 0 aliphatic rings. The van der Waals surface area contributed by atoms with Crippen molar-refractivity contribution in [3.63, 3.8) is 0 Å². The molecule has 0 amide bonds. The highest BCUT2D eigenvalue weighted by atomic mass is 19.4. The Bertz CT molecular complexity index is 1100. The molecule has 0 atom stereocenters. The predicted octanol–water partition coefficient (Wildman–Crippen LogP) is 4.77. The van der Waals surface area contributed by atoms with Crippen LogP contribution in [0.2, 0.25) is 0 Å². The van der Waals surface area contributed by atoms with Crippen molar-refractivity contribution in [2.24, 2.45) is 0 Å². The molecule has 0 bridgehead atoms. The van der Waals surface area contributed by atoms with Gasteiger partial charge in [-0.1, -0.05) is 29.8 Å². The van der Waals surface area contributed by atoms with E-state index in [1.807, 2.05) is 36.4 Å². The maximum atomic E-state index is 9.67. The molecule has 0 fully saturated rings. The first-order chi connectivity index (χ1) is 15.9. The third kappa shape index (κ3) is 7.10. The van der Waals surface area contributed by atoms with Crippen LogP contribution in [-0.2, 0) is 0 Å². The number of methoxy groups -OCH3 is 2. The van der Waals surface area contributed by atoms with Gasteiger partial charge < -0.3 is 14.2 Å². The third-order valence-electron chi connectivity index (χ3n) is 4.93. The average molecular weight is 470 g/mol. The number of ether oxygens (including phenoxy) is 2. The van der Waals surface area contributed by atoms with Crippen LogP contribution >= 0.6 is 0 Å². The molecule has 8 heteroatoms. The van der Waals surface area contributed by atoms with Crippen LogP contribution in [0, 0.1) is 6.92 Å². The molecule has 0 saturated heterocycles. The van der Waals surface area contributed by atoms with Crippen LogP contribution in [0.1, 0.15) is 5.56 Å². The molecule has 0 unspecified atom stereocenters. The maximum Gasteiger partial charge on any atom is 0.762 e. The van der Waals surface area contributed by atoms with Crippen molar-refractivity contribution >= 4 is 7.54 Å². The number of hydrogen-bond donors (Lipinski definition) is 0. The fourth-order valence-corrected chi connectivity index (χ4v) is 3.21. The lowest BCUT2D eigenvalue weighted by Crippen LogP contribution is -3.00. The minimum absolute atomic E-state index is 0. The zero-order chi connectivity index (χ0) is 23.8. The van der Waals surface area contributed by atoms with Gasteiger partial charge in [0.05, 0.1) is 37.5 Å². The zero-order valence-corrected chi connectivity index (χ0v) is 18.9. The number of rotatable bonds is 5. The van der Waals surface area contributed by atoms with Gasteiger partial charge in [-0.05, 0) is 61.0 Å². The van der Waals surface area contributed by atoms with Crippen molar-refractivity contribution < 1.29 is 31.5 Å². The first-order valence-electron chi connectivity index (χ1n) is 10.2. The van der Waals surface area contributed by atoms with E-state index in [2.05, 4.69) is 55.5 Å². The van der Waals surface area contributed by atoms with Gasteiger partial charge in [0, 0.05) is 5.56 Å². The van der Waals surface area contributed by atoms with E-state index >= 15 is 0 Å². The highest BCUT2D eigenvalue weighted by Gasteiger charge is 2.20. The first-order valence-corrected chi connectivity index (χ1v) is 10.2. The van der Waals surface area contributed by atoms with E-state index in [9.17, 15) is 12.9 Å². The average Bonchev–Trinajstić information content (AvgIpc) is 2.84. The Morgan fingerprint density at radius 1 is 0.588 bits per heavy atom. The molecule has 4 rings (SSSR count). The monoisotopic (exact) mass is 470 g/mol. The minimum atomic E-state index is -3.67. The number of halogens is 4. The Hall–Kier alpha value is -3.81. The molecule has 0 aliphatic carbocycles. The Balaban J connectivity index is 0.000000758. The zero-order valence-electron chi connectivity index (χ0n) is 18.9.